The zero-order valence-electron chi connectivity index (χ0n) is 8.88. The summed E-state index contributed by atoms with van der Waals surface area (Å²) in [6.07, 6.45) is 0. The Labute approximate surface area is 82.3 Å². The number of carbonyl (C=O) groups is 1. The summed E-state index contributed by atoms with van der Waals surface area (Å²) in [4.78, 5) is 11.2. The van der Waals surface area contributed by atoms with Crippen LogP contribution in [0.25, 0.3) is 0 Å². The van der Waals surface area contributed by atoms with E-state index in [1.807, 2.05) is 26.2 Å². The van der Waals surface area contributed by atoms with Crippen LogP contribution in [0.4, 0.5) is 0 Å². The lowest BCUT2D eigenvalue weighted by molar-refractivity contribution is -0.187. The quantitative estimate of drug-likeness (QED) is 0.546. The molecule has 0 amide bonds. The Morgan fingerprint density at radius 2 is 1.92 bits per heavy atom. The average molecular weight is 222 g/mol. The highest BCUT2D eigenvalue weighted by Gasteiger charge is 2.37. The van der Waals surface area contributed by atoms with Crippen molar-refractivity contribution in [3.05, 3.63) is 0 Å². The maximum atomic E-state index is 11.2. The van der Waals surface area contributed by atoms with Crippen molar-refractivity contribution in [3.63, 3.8) is 0 Å². The second kappa shape index (κ2) is 4.36. The smallest absolute Gasteiger partial charge is 0.351 e. The van der Waals surface area contributed by atoms with Gasteiger partial charge >= 0.3 is 5.97 Å². The van der Waals surface area contributed by atoms with Gasteiger partial charge < -0.3 is 14.0 Å². The van der Waals surface area contributed by atoms with Gasteiger partial charge in [0, 0.05) is 6.92 Å². The third-order valence-corrected chi connectivity index (χ3v) is 2.72. The largest absolute Gasteiger partial charge is 0.521 e. The second-order valence-corrected chi connectivity index (χ2v) is 9.21. The van der Waals surface area contributed by atoms with E-state index in [2.05, 4.69) is 0 Å². The normalized spacial score (nSPS) is 17.4. The van der Waals surface area contributed by atoms with Gasteiger partial charge in [0.05, 0.1) is 0 Å². The summed E-state index contributed by atoms with van der Waals surface area (Å²) in [5.41, 5.74) is 0. The first-order valence-electron chi connectivity index (χ1n) is 4.29. The SMILES string of the molecule is C[SiH2]OC(=O)C(C)(O)O[Si](C)(C)C. The first-order chi connectivity index (χ1) is 5.69. The van der Waals surface area contributed by atoms with E-state index < -0.39 is 29.8 Å². The Bertz CT molecular complexity index is 185. The van der Waals surface area contributed by atoms with E-state index in [-0.39, 0.29) is 0 Å². The van der Waals surface area contributed by atoms with Gasteiger partial charge in [-0.3, -0.25) is 0 Å². The minimum absolute atomic E-state index is 0.663. The summed E-state index contributed by atoms with van der Waals surface area (Å²) in [7, 11) is -2.76. The number of rotatable bonds is 4. The predicted molar refractivity (Wildman–Crippen MR) is 55.6 cm³/mol. The van der Waals surface area contributed by atoms with Crippen LogP contribution in [0, 0.1) is 0 Å². The van der Waals surface area contributed by atoms with Crippen LogP contribution in [0.5, 0.6) is 0 Å². The van der Waals surface area contributed by atoms with Gasteiger partial charge in [-0.05, 0) is 26.2 Å². The average Bonchev–Trinajstić information content (AvgIpc) is 1.82. The van der Waals surface area contributed by atoms with Crippen LogP contribution in [0.3, 0.4) is 0 Å². The first-order valence-corrected chi connectivity index (χ1v) is 9.69. The van der Waals surface area contributed by atoms with Crippen LogP contribution in [-0.4, -0.2) is 34.9 Å². The lowest BCUT2D eigenvalue weighted by Crippen LogP contribution is -2.47. The van der Waals surface area contributed by atoms with E-state index in [0.29, 0.717) is 0 Å². The second-order valence-electron chi connectivity index (χ2n) is 3.92. The van der Waals surface area contributed by atoms with Crippen LogP contribution in [-0.2, 0) is 13.6 Å². The summed E-state index contributed by atoms with van der Waals surface area (Å²) in [5, 5.41) is 9.61. The van der Waals surface area contributed by atoms with Crippen LogP contribution >= 0.6 is 0 Å². The maximum Gasteiger partial charge on any atom is 0.351 e. The van der Waals surface area contributed by atoms with E-state index in [9.17, 15) is 9.90 Å². The highest BCUT2D eigenvalue weighted by atomic mass is 28.4. The monoisotopic (exact) mass is 222 g/mol. The zero-order chi connectivity index (χ0) is 10.7. The molecule has 0 aliphatic carbocycles. The van der Waals surface area contributed by atoms with E-state index in [1.165, 1.54) is 6.92 Å². The summed E-state index contributed by atoms with van der Waals surface area (Å²) >= 11 is 0. The molecule has 0 heterocycles. The van der Waals surface area contributed by atoms with Gasteiger partial charge in [-0.2, -0.15) is 0 Å². The third-order valence-electron chi connectivity index (χ3n) is 1.16. The topological polar surface area (TPSA) is 55.8 Å². The Balaban J connectivity index is 4.30. The molecule has 1 N–H and O–H groups in total. The molecule has 0 aromatic heterocycles. The summed E-state index contributed by atoms with van der Waals surface area (Å²) < 4.78 is 10.1. The molecule has 78 valence electrons. The molecule has 0 saturated carbocycles. The molecule has 0 rings (SSSR count). The van der Waals surface area contributed by atoms with Gasteiger partial charge in [0.15, 0.2) is 8.32 Å². The van der Waals surface area contributed by atoms with Gasteiger partial charge in [0.1, 0.15) is 0 Å². The van der Waals surface area contributed by atoms with E-state index >= 15 is 0 Å². The van der Waals surface area contributed by atoms with Crippen molar-refractivity contribution < 1.29 is 18.8 Å². The predicted octanol–water partition coefficient (Wildman–Crippen LogP) is 0.221. The Morgan fingerprint density at radius 3 is 2.23 bits per heavy atom. The molecule has 0 aromatic carbocycles. The lowest BCUT2D eigenvalue weighted by atomic mass is 10.3. The van der Waals surface area contributed by atoms with Crippen LogP contribution < -0.4 is 0 Å². The van der Waals surface area contributed by atoms with Crippen molar-refractivity contribution in [2.24, 2.45) is 0 Å². The molecule has 1 unspecified atom stereocenters. The molecule has 0 radical (unpaired) electrons. The molecule has 0 aliphatic heterocycles. The minimum atomic E-state index is -1.92. The molecule has 4 nitrogen and oxygen atoms in total. The van der Waals surface area contributed by atoms with E-state index in [1.54, 1.807) is 0 Å². The first kappa shape index (κ1) is 12.8. The van der Waals surface area contributed by atoms with Gasteiger partial charge in [0.2, 0.25) is 9.76 Å². The summed E-state index contributed by atoms with van der Waals surface area (Å²) in [6, 6.07) is 0. The Hall–Kier alpha value is -0.176. The number of hydrogen-bond acceptors (Lipinski definition) is 4. The molecule has 13 heavy (non-hydrogen) atoms. The van der Waals surface area contributed by atoms with Gasteiger partial charge in [0.25, 0.3) is 5.79 Å². The Morgan fingerprint density at radius 1 is 1.46 bits per heavy atom. The van der Waals surface area contributed by atoms with E-state index in [4.69, 9.17) is 8.85 Å². The fourth-order valence-electron chi connectivity index (χ4n) is 0.903. The number of hydrogen-bond donors (Lipinski definition) is 1. The highest BCUT2D eigenvalue weighted by Crippen LogP contribution is 2.16. The lowest BCUT2D eigenvalue weighted by Gasteiger charge is -2.29. The number of aliphatic hydroxyl groups is 1. The fourth-order valence-corrected chi connectivity index (χ4v) is 2.71. The molecule has 1 atom stereocenters. The van der Waals surface area contributed by atoms with Gasteiger partial charge in [-0.15, -0.1) is 0 Å². The molecular weight excluding hydrogens is 204 g/mol. The summed E-state index contributed by atoms with van der Waals surface area (Å²) in [6.45, 7) is 8.86. The van der Waals surface area contributed by atoms with Crippen molar-refractivity contribution in [2.75, 3.05) is 0 Å². The fraction of sp³-hybridized carbons (Fsp3) is 0.857. The van der Waals surface area contributed by atoms with Crippen molar-refractivity contribution in [1.82, 2.24) is 0 Å². The highest BCUT2D eigenvalue weighted by molar-refractivity contribution is 6.70. The standard InChI is InChI=1S/C7H18O4Si2/c1-7(9,6(8)10-12-2)11-13(3,4)5/h9H,12H2,1-5H3. The molecular formula is C7H18O4Si2. The summed E-state index contributed by atoms with van der Waals surface area (Å²) in [5.74, 6) is -2.43. The molecule has 0 spiro atoms. The molecule has 0 bridgehead atoms. The van der Waals surface area contributed by atoms with Crippen molar-refractivity contribution in [1.29, 1.82) is 0 Å². The number of carbonyl (C=O) groups excluding carboxylic acids is 1. The molecule has 6 heteroatoms. The molecule has 0 saturated heterocycles. The van der Waals surface area contributed by atoms with Crippen molar-refractivity contribution >= 4 is 24.0 Å². The van der Waals surface area contributed by atoms with E-state index in [0.717, 1.165) is 0 Å². The Kier molecular flexibility index (Phi) is 4.30. The van der Waals surface area contributed by atoms with Gasteiger partial charge in [-0.1, -0.05) is 0 Å². The minimum Gasteiger partial charge on any atom is -0.521 e. The van der Waals surface area contributed by atoms with Crippen molar-refractivity contribution in [2.45, 2.75) is 38.9 Å². The molecule has 0 aromatic rings. The molecule has 0 fully saturated rings. The van der Waals surface area contributed by atoms with Crippen LogP contribution in [0.2, 0.25) is 26.2 Å². The van der Waals surface area contributed by atoms with Crippen LogP contribution in [0.1, 0.15) is 6.92 Å². The maximum absolute atomic E-state index is 11.2. The van der Waals surface area contributed by atoms with Crippen molar-refractivity contribution in [3.8, 4) is 0 Å². The van der Waals surface area contributed by atoms with Crippen LogP contribution in [0.15, 0.2) is 0 Å². The third kappa shape index (κ3) is 5.19. The zero-order valence-corrected chi connectivity index (χ0v) is 11.3. The van der Waals surface area contributed by atoms with Gasteiger partial charge in [-0.25, -0.2) is 4.79 Å². The molecule has 0 aliphatic rings.